The Labute approximate surface area is 152 Å². The van der Waals surface area contributed by atoms with Crippen LogP contribution in [0, 0.1) is 5.82 Å². The van der Waals surface area contributed by atoms with E-state index in [-0.39, 0.29) is 11.6 Å². The summed E-state index contributed by atoms with van der Waals surface area (Å²) in [4.78, 5) is 25.7. The van der Waals surface area contributed by atoms with Gasteiger partial charge in [-0.2, -0.15) is 0 Å². The molecule has 0 aliphatic carbocycles. The fourth-order valence-electron chi connectivity index (χ4n) is 2.33. The summed E-state index contributed by atoms with van der Waals surface area (Å²) in [5.74, 6) is -0.0988. The van der Waals surface area contributed by atoms with E-state index in [1.54, 1.807) is 30.2 Å². The van der Waals surface area contributed by atoms with Gasteiger partial charge in [-0.1, -0.05) is 20.3 Å². The maximum Gasteiger partial charge on any atom is 0.322 e. The molecule has 2 aromatic rings. The number of carbonyl (C=O) groups is 2. The summed E-state index contributed by atoms with van der Waals surface area (Å²) in [7, 11) is 0. The molecular formula is C19H24FN3O3. The zero-order valence-corrected chi connectivity index (χ0v) is 15.0. The molecule has 0 aliphatic rings. The zero-order valence-electron chi connectivity index (χ0n) is 15.0. The van der Waals surface area contributed by atoms with Crippen LogP contribution in [0.1, 0.15) is 38.9 Å². The second-order valence-electron chi connectivity index (χ2n) is 5.88. The first-order valence-corrected chi connectivity index (χ1v) is 8.71. The zero-order chi connectivity index (χ0) is 18.9. The van der Waals surface area contributed by atoms with Gasteiger partial charge in [0.1, 0.15) is 11.6 Å². The Morgan fingerprint density at radius 3 is 2.65 bits per heavy atom. The smallest absolute Gasteiger partial charge is 0.322 e. The van der Waals surface area contributed by atoms with Crippen LogP contribution in [0.5, 0.6) is 0 Å². The second kappa shape index (κ2) is 9.60. The molecule has 0 saturated heterocycles. The van der Waals surface area contributed by atoms with E-state index in [0.29, 0.717) is 31.0 Å². The predicted molar refractivity (Wildman–Crippen MR) is 98.4 cm³/mol. The predicted octanol–water partition coefficient (Wildman–Crippen LogP) is 4.60. The van der Waals surface area contributed by atoms with Crippen molar-refractivity contribution in [2.75, 3.05) is 17.2 Å². The van der Waals surface area contributed by atoms with Crippen molar-refractivity contribution in [2.24, 2.45) is 0 Å². The average Bonchev–Trinajstić information content (AvgIpc) is 3.14. The molecule has 0 radical (unpaired) electrons. The van der Waals surface area contributed by atoms with Gasteiger partial charge in [0.15, 0.2) is 0 Å². The number of furan rings is 1. The molecule has 26 heavy (non-hydrogen) atoms. The number of hydrogen-bond acceptors (Lipinski definition) is 3. The van der Waals surface area contributed by atoms with Gasteiger partial charge in [-0.05, 0) is 36.8 Å². The summed E-state index contributed by atoms with van der Waals surface area (Å²) in [6.07, 6.45) is 3.61. The highest BCUT2D eigenvalue weighted by Gasteiger charge is 2.17. The van der Waals surface area contributed by atoms with Gasteiger partial charge < -0.3 is 20.0 Å². The number of halogens is 1. The molecule has 0 unspecified atom stereocenters. The Morgan fingerprint density at radius 1 is 1.19 bits per heavy atom. The first-order valence-electron chi connectivity index (χ1n) is 8.71. The van der Waals surface area contributed by atoms with Crippen LogP contribution in [0.25, 0.3) is 0 Å². The molecule has 3 amide bonds. The largest absolute Gasteiger partial charge is 0.467 e. The molecule has 0 bridgehead atoms. The molecule has 0 aliphatic heterocycles. The fourth-order valence-corrected chi connectivity index (χ4v) is 2.33. The summed E-state index contributed by atoms with van der Waals surface area (Å²) in [5.41, 5.74) is 0.449. The number of urea groups is 1. The number of hydrogen-bond donors (Lipinski definition) is 2. The highest BCUT2D eigenvalue weighted by molar-refractivity contribution is 5.93. The van der Waals surface area contributed by atoms with Crippen molar-refractivity contribution in [1.82, 2.24) is 4.90 Å². The maximum atomic E-state index is 14.1. The minimum atomic E-state index is -0.568. The lowest BCUT2D eigenvalue weighted by molar-refractivity contribution is -0.115. The molecule has 0 saturated carbocycles. The Kier molecular flexibility index (Phi) is 7.20. The van der Waals surface area contributed by atoms with E-state index in [1.165, 1.54) is 18.2 Å². The first-order chi connectivity index (χ1) is 12.5. The summed E-state index contributed by atoms with van der Waals surface area (Å²) >= 11 is 0. The summed E-state index contributed by atoms with van der Waals surface area (Å²) < 4.78 is 19.4. The van der Waals surface area contributed by atoms with Gasteiger partial charge in [0, 0.05) is 18.7 Å². The topological polar surface area (TPSA) is 74.6 Å². The van der Waals surface area contributed by atoms with Crippen LogP contribution in [0.2, 0.25) is 0 Å². The highest BCUT2D eigenvalue weighted by atomic mass is 19.1. The lowest BCUT2D eigenvalue weighted by Gasteiger charge is -2.22. The number of anilines is 2. The number of unbranched alkanes of at least 4 members (excludes halogenated alkanes) is 1. The SMILES string of the molecule is CCCCN(Cc1ccco1)C(=O)Nc1cc(NC(=O)CC)ccc1F. The van der Waals surface area contributed by atoms with Crippen LogP contribution >= 0.6 is 0 Å². The van der Waals surface area contributed by atoms with Crippen molar-refractivity contribution < 1.29 is 18.4 Å². The van der Waals surface area contributed by atoms with Crippen LogP contribution in [0.4, 0.5) is 20.6 Å². The van der Waals surface area contributed by atoms with Crippen LogP contribution in [0.15, 0.2) is 41.0 Å². The minimum Gasteiger partial charge on any atom is -0.467 e. The molecule has 1 aromatic carbocycles. The van der Waals surface area contributed by atoms with E-state index in [0.717, 1.165) is 12.8 Å². The second-order valence-corrected chi connectivity index (χ2v) is 5.88. The van der Waals surface area contributed by atoms with Gasteiger partial charge in [0.2, 0.25) is 5.91 Å². The van der Waals surface area contributed by atoms with E-state index in [1.807, 2.05) is 6.92 Å². The molecule has 140 valence electrons. The van der Waals surface area contributed by atoms with E-state index in [4.69, 9.17) is 4.42 Å². The average molecular weight is 361 g/mol. The molecular weight excluding hydrogens is 337 g/mol. The van der Waals surface area contributed by atoms with Crippen LogP contribution in [-0.2, 0) is 11.3 Å². The van der Waals surface area contributed by atoms with E-state index < -0.39 is 11.8 Å². The Hall–Kier alpha value is -2.83. The molecule has 1 heterocycles. The standard InChI is InChI=1S/C19H24FN3O3/c1-3-5-10-23(13-15-7-6-11-26-15)19(25)22-17-12-14(8-9-16(17)20)21-18(24)4-2/h6-9,11-12H,3-5,10,13H2,1-2H3,(H,21,24)(H,22,25). The van der Waals surface area contributed by atoms with Gasteiger partial charge in [-0.3, -0.25) is 4.79 Å². The molecule has 0 spiro atoms. The lowest BCUT2D eigenvalue weighted by Crippen LogP contribution is -2.35. The Balaban J connectivity index is 2.11. The van der Waals surface area contributed by atoms with E-state index in [2.05, 4.69) is 10.6 Å². The molecule has 2 N–H and O–H groups in total. The van der Waals surface area contributed by atoms with Gasteiger partial charge in [0.05, 0.1) is 18.5 Å². The Bertz CT molecular complexity index is 732. The monoisotopic (exact) mass is 361 g/mol. The lowest BCUT2D eigenvalue weighted by atomic mass is 10.2. The fraction of sp³-hybridized carbons (Fsp3) is 0.368. The first kappa shape index (κ1) is 19.5. The molecule has 2 rings (SSSR count). The van der Waals surface area contributed by atoms with E-state index in [9.17, 15) is 14.0 Å². The number of nitrogens with one attached hydrogen (secondary N) is 2. The normalized spacial score (nSPS) is 10.4. The quantitative estimate of drug-likeness (QED) is 0.721. The maximum absolute atomic E-state index is 14.1. The van der Waals surface area contributed by atoms with Gasteiger partial charge in [-0.25, -0.2) is 9.18 Å². The molecule has 1 aromatic heterocycles. The van der Waals surface area contributed by atoms with Crippen molar-refractivity contribution in [1.29, 1.82) is 0 Å². The number of benzene rings is 1. The third kappa shape index (κ3) is 5.61. The van der Waals surface area contributed by atoms with Crippen molar-refractivity contribution >= 4 is 23.3 Å². The third-order valence-corrected chi connectivity index (χ3v) is 3.81. The summed E-state index contributed by atoms with van der Waals surface area (Å²) in [6.45, 7) is 4.58. The molecule has 6 nitrogen and oxygen atoms in total. The van der Waals surface area contributed by atoms with Crippen molar-refractivity contribution in [3.63, 3.8) is 0 Å². The van der Waals surface area contributed by atoms with Crippen LogP contribution in [-0.4, -0.2) is 23.4 Å². The number of nitrogens with zero attached hydrogens (tertiary/aromatic N) is 1. The summed E-state index contributed by atoms with van der Waals surface area (Å²) in [5, 5.41) is 5.23. The number of amides is 3. The van der Waals surface area contributed by atoms with Crippen molar-refractivity contribution in [3.8, 4) is 0 Å². The van der Waals surface area contributed by atoms with Gasteiger partial charge >= 0.3 is 6.03 Å². The molecule has 0 atom stereocenters. The van der Waals surface area contributed by atoms with Crippen LogP contribution in [0.3, 0.4) is 0 Å². The number of rotatable bonds is 8. The molecule has 7 heteroatoms. The molecule has 0 fully saturated rings. The number of carbonyl (C=O) groups excluding carboxylic acids is 2. The van der Waals surface area contributed by atoms with E-state index >= 15 is 0 Å². The Morgan fingerprint density at radius 2 is 2.00 bits per heavy atom. The van der Waals surface area contributed by atoms with Crippen molar-refractivity contribution in [3.05, 3.63) is 48.2 Å². The summed E-state index contributed by atoms with van der Waals surface area (Å²) in [6, 6.07) is 7.19. The van der Waals surface area contributed by atoms with Crippen LogP contribution < -0.4 is 10.6 Å². The highest BCUT2D eigenvalue weighted by Crippen LogP contribution is 2.21. The minimum absolute atomic E-state index is 0.0184. The third-order valence-electron chi connectivity index (χ3n) is 3.81. The van der Waals surface area contributed by atoms with Gasteiger partial charge in [-0.15, -0.1) is 0 Å². The van der Waals surface area contributed by atoms with Gasteiger partial charge in [0.25, 0.3) is 0 Å². The van der Waals surface area contributed by atoms with Crippen molar-refractivity contribution in [2.45, 2.75) is 39.7 Å².